The number of aromatic nitrogens is 1. The van der Waals surface area contributed by atoms with E-state index < -0.39 is 6.10 Å². The van der Waals surface area contributed by atoms with Gasteiger partial charge >= 0.3 is 0 Å². The number of anilines is 1. The highest BCUT2D eigenvalue weighted by atomic mass is 16.3. The minimum Gasteiger partial charge on any atom is -0.387 e. The van der Waals surface area contributed by atoms with Gasteiger partial charge in [-0.15, -0.1) is 0 Å². The predicted molar refractivity (Wildman–Crippen MR) is 74.6 cm³/mol. The van der Waals surface area contributed by atoms with Crippen LogP contribution in [0.2, 0.25) is 0 Å². The fourth-order valence-corrected chi connectivity index (χ4v) is 2.66. The highest BCUT2D eigenvalue weighted by molar-refractivity contribution is 5.45. The molecule has 3 heteroatoms. The van der Waals surface area contributed by atoms with Gasteiger partial charge in [0, 0.05) is 13.1 Å². The van der Waals surface area contributed by atoms with Gasteiger partial charge in [-0.3, -0.25) is 4.98 Å². The Morgan fingerprint density at radius 2 is 1.89 bits per heavy atom. The largest absolute Gasteiger partial charge is 0.387 e. The number of pyridine rings is 1. The molecule has 1 aromatic rings. The van der Waals surface area contributed by atoms with E-state index in [0.29, 0.717) is 0 Å². The van der Waals surface area contributed by atoms with Crippen molar-refractivity contribution in [1.29, 1.82) is 0 Å². The maximum Gasteiger partial charge on any atom is 0.0931 e. The molecule has 2 heterocycles. The highest BCUT2D eigenvalue weighted by Crippen LogP contribution is 2.27. The van der Waals surface area contributed by atoms with Gasteiger partial charge in [0.15, 0.2) is 0 Å². The number of hydrogen-bond acceptors (Lipinski definition) is 3. The first-order chi connectivity index (χ1) is 8.58. The van der Waals surface area contributed by atoms with Gasteiger partial charge in [0.25, 0.3) is 0 Å². The Bertz CT molecular complexity index is 365. The molecule has 0 aromatic carbocycles. The van der Waals surface area contributed by atoms with E-state index in [1.54, 1.807) is 6.92 Å². The van der Waals surface area contributed by atoms with Gasteiger partial charge in [-0.1, -0.05) is 13.8 Å². The molecule has 0 amide bonds. The monoisotopic (exact) mass is 248 g/mol. The molecule has 100 valence electrons. The molecule has 0 saturated carbocycles. The van der Waals surface area contributed by atoms with E-state index in [2.05, 4.69) is 29.8 Å². The van der Waals surface area contributed by atoms with Gasteiger partial charge in [0.2, 0.25) is 0 Å². The van der Waals surface area contributed by atoms with Crippen LogP contribution < -0.4 is 4.90 Å². The van der Waals surface area contributed by atoms with E-state index in [-0.39, 0.29) is 0 Å². The zero-order valence-electron chi connectivity index (χ0n) is 11.6. The molecule has 1 aliphatic rings. The Hall–Kier alpha value is -1.09. The third kappa shape index (κ3) is 3.02. The van der Waals surface area contributed by atoms with Crippen molar-refractivity contribution in [1.82, 2.24) is 4.98 Å². The summed E-state index contributed by atoms with van der Waals surface area (Å²) in [5.74, 6) is 1.66. The lowest BCUT2D eigenvalue weighted by atomic mass is 9.86. The number of rotatable bonds is 3. The molecule has 1 unspecified atom stereocenters. The Labute approximate surface area is 110 Å². The van der Waals surface area contributed by atoms with Crippen molar-refractivity contribution in [3.63, 3.8) is 0 Å². The lowest BCUT2D eigenvalue weighted by molar-refractivity contribution is 0.194. The second kappa shape index (κ2) is 5.70. The standard InChI is InChI=1S/C15H24N2O/c1-11(2)13-6-8-17(9-7-13)14-4-5-15(12(3)18)16-10-14/h4-5,10-13,18H,6-9H2,1-3H3. The quantitative estimate of drug-likeness (QED) is 0.893. The summed E-state index contributed by atoms with van der Waals surface area (Å²) in [6, 6.07) is 4.00. The summed E-state index contributed by atoms with van der Waals surface area (Å²) in [6.45, 7) is 8.63. The van der Waals surface area contributed by atoms with Crippen LogP contribution in [0.4, 0.5) is 5.69 Å². The van der Waals surface area contributed by atoms with Crippen LogP contribution in [-0.2, 0) is 0 Å². The van der Waals surface area contributed by atoms with Gasteiger partial charge in [-0.05, 0) is 43.7 Å². The highest BCUT2D eigenvalue weighted by Gasteiger charge is 2.21. The number of aliphatic hydroxyl groups is 1. The molecule has 0 spiro atoms. The minimum absolute atomic E-state index is 0.481. The van der Waals surface area contributed by atoms with E-state index in [1.807, 2.05) is 12.3 Å². The van der Waals surface area contributed by atoms with Crippen LogP contribution in [0.5, 0.6) is 0 Å². The Morgan fingerprint density at radius 3 is 2.33 bits per heavy atom. The van der Waals surface area contributed by atoms with Crippen LogP contribution in [0.25, 0.3) is 0 Å². The molecule has 2 rings (SSSR count). The lowest BCUT2D eigenvalue weighted by Crippen LogP contribution is -2.35. The second-order valence-corrected chi connectivity index (χ2v) is 5.69. The second-order valence-electron chi connectivity index (χ2n) is 5.69. The van der Waals surface area contributed by atoms with Crippen LogP contribution in [-0.4, -0.2) is 23.2 Å². The Morgan fingerprint density at radius 1 is 1.22 bits per heavy atom. The van der Waals surface area contributed by atoms with Gasteiger partial charge < -0.3 is 10.0 Å². The summed E-state index contributed by atoms with van der Waals surface area (Å²) in [7, 11) is 0. The maximum absolute atomic E-state index is 9.44. The summed E-state index contributed by atoms with van der Waals surface area (Å²) in [4.78, 5) is 6.72. The molecular weight excluding hydrogens is 224 g/mol. The van der Waals surface area contributed by atoms with Crippen molar-refractivity contribution >= 4 is 5.69 Å². The molecular formula is C15H24N2O. The van der Waals surface area contributed by atoms with Crippen LogP contribution in [0.3, 0.4) is 0 Å². The fourth-order valence-electron chi connectivity index (χ4n) is 2.66. The van der Waals surface area contributed by atoms with E-state index in [0.717, 1.165) is 30.6 Å². The third-order valence-corrected chi connectivity index (χ3v) is 4.05. The van der Waals surface area contributed by atoms with Crippen LogP contribution >= 0.6 is 0 Å². The number of aliphatic hydroxyl groups excluding tert-OH is 1. The van der Waals surface area contributed by atoms with Gasteiger partial charge in [0.1, 0.15) is 0 Å². The van der Waals surface area contributed by atoms with E-state index in [4.69, 9.17) is 0 Å². The zero-order valence-corrected chi connectivity index (χ0v) is 11.6. The molecule has 1 aromatic heterocycles. The molecule has 1 N–H and O–H groups in total. The number of hydrogen-bond donors (Lipinski definition) is 1. The molecule has 18 heavy (non-hydrogen) atoms. The molecule has 3 nitrogen and oxygen atoms in total. The molecule has 1 fully saturated rings. The van der Waals surface area contributed by atoms with Crippen molar-refractivity contribution in [3.05, 3.63) is 24.0 Å². The van der Waals surface area contributed by atoms with Crippen LogP contribution in [0, 0.1) is 11.8 Å². The first-order valence-corrected chi connectivity index (χ1v) is 6.97. The summed E-state index contributed by atoms with van der Waals surface area (Å²) in [5.41, 5.74) is 1.93. The number of nitrogens with zero attached hydrogens (tertiary/aromatic N) is 2. The lowest BCUT2D eigenvalue weighted by Gasteiger charge is -2.35. The van der Waals surface area contributed by atoms with E-state index in [9.17, 15) is 5.11 Å². The summed E-state index contributed by atoms with van der Waals surface area (Å²) >= 11 is 0. The van der Waals surface area contributed by atoms with E-state index >= 15 is 0 Å². The van der Waals surface area contributed by atoms with Gasteiger partial charge in [0.05, 0.1) is 23.7 Å². The zero-order chi connectivity index (χ0) is 13.1. The smallest absolute Gasteiger partial charge is 0.0931 e. The molecule has 0 bridgehead atoms. The average Bonchev–Trinajstić information content (AvgIpc) is 2.39. The summed E-state index contributed by atoms with van der Waals surface area (Å²) in [6.07, 6.45) is 3.95. The molecule has 1 saturated heterocycles. The summed E-state index contributed by atoms with van der Waals surface area (Å²) in [5, 5.41) is 9.44. The minimum atomic E-state index is -0.481. The molecule has 0 radical (unpaired) electrons. The fraction of sp³-hybridized carbons (Fsp3) is 0.667. The first-order valence-electron chi connectivity index (χ1n) is 6.97. The van der Waals surface area contributed by atoms with Crippen molar-refractivity contribution in [2.24, 2.45) is 11.8 Å². The SMILES string of the molecule is CC(O)c1ccc(N2CCC(C(C)C)CC2)cn1. The molecule has 0 aliphatic carbocycles. The topological polar surface area (TPSA) is 36.4 Å². The predicted octanol–water partition coefficient (Wildman–Crippen LogP) is 3.01. The van der Waals surface area contributed by atoms with Gasteiger partial charge in [-0.2, -0.15) is 0 Å². The van der Waals surface area contributed by atoms with Crippen molar-refractivity contribution in [3.8, 4) is 0 Å². The first kappa shape index (κ1) is 13.3. The van der Waals surface area contributed by atoms with Crippen LogP contribution in [0.15, 0.2) is 18.3 Å². The maximum atomic E-state index is 9.44. The molecule has 1 aliphatic heterocycles. The van der Waals surface area contributed by atoms with Crippen molar-refractivity contribution in [2.45, 2.75) is 39.7 Å². The Kier molecular flexibility index (Phi) is 4.23. The third-order valence-electron chi connectivity index (χ3n) is 4.05. The van der Waals surface area contributed by atoms with Crippen molar-refractivity contribution in [2.75, 3.05) is 18.0 Å². The normalized spacial score (nSPS) is 19.3. The van der Waals surface area contributed by atoms with Crippen LogP contribution in [0.1, 0.15) is 45.4 Å². The average molecular weight is 248 g/mol. The Balaban J connectivity index is 1.97. The van der Waals surface area contributed by atoms with Gasteiger partial charge in [-0.25, -0.2) is 0 Å². The number of piperidine rings is 1. The summed E-state index contributed by atoms with van der Waals surface area (Å²) < 4.78 is 0. The van der Waals surface area contributed by atoms with Crippen molar-refractivity contribution < 1.29 is 5.11 Å². The molecule has 1 atom stereocenters. The van der Waals surface area contributed by atoms with E-state index in [1.165, 1.54) is 18.5 Å².